The Kier molecular flexibility index (Phi) is 5.14. The van der Waals surface area contributed by atoms with E-state index in [1.807, 2.05) is 18.2 Å². The molecule has 1 aliphatic rings. The monoisotopic (exact) mass is 304 g/mol. The highest BCUT2D eigenvalue weighted by atomic mass is 16.5. The predicted molar refractivity (Wildman–Crippen MR) is 80.3 cm³/mol. The zero-order chi connectivity index (χ0) is 16.1. The molecule has 3 amide bonds. The van der Waals surface area contributed by atoms with Crippen molar-refractivity contribution in [1.82, 2.24) is 10.6 Å². The standard InChI is InChI=1S/C16H20N2O4/c1-10(15(20)18-16(21)17-2)22-14(19)9-11-6-7-12-4-3-5-13(12)8-11/h6-8,10H,3-5,9H2,1-2H3,(H2,17,18,20,21)/t10-/m1/s1. The number of hydrogen-bond acceptors (Lipinski definition) is 4. The van der Waals surface area contributed by atoms with Crippen molar-refractivity contribution in [2.45, 2.75) is 38.7 Å². The van der Waals surface area contributed by atoms with E-state index >= 15 is 0 Å². The Morgan fingerprint density at radius 2 is 1.95 bits per heavy atom. The lowest BCUT2D eigenvalue weighted by atomic mass is 10.0. The van der Waals surface area contributed by atoms with Crippen molar-refractivity contribution in [3.8, 4) is 0 Å². The molecule has 1 aromatic rings. The molecule has 0 spiro atoms. The summed E-state index contributed by atoms with van der Waals surface area (Å²) in [5, 5.41) is 4.32. The van der Waals surface area contributed by atoms with E-state index in [2.05, 4.69) is 10.6 Å². The van der Waals surface area contributed by atoms with Crippen LogP contribution in [0.5, 0.6) is 0 Å². The lowest BCUT2D eigenvalue weighted by molar-refractivity contribution is -0.153. The third kappa shape index (κ3) is 4.07. The second-order valence-corrected chi connectivity index (χ2v) is 5.33. The molecule has 0 aromatic heterocycles. The number of urea groups is 1. The van der Waals surface area contributed by atoms with Crippen LogP contribution in [0.3, 0.4) is 0 Å². The van der Waals surface area contributed by atoms with E-state index in [0.717, 1.165) is 24.8 Å². The van der Waals surface area contributed by atoms with Gasteiger partial charge >= 0.3 is 12.0 Å². The number of nitrogens with one attached hydrogen (secondary N) is 2. The fraction of sp³-hybridized carbons (Fsp3) is 0.438. The van der Waals surface area contributed by atoms with Gasteiger partial charge in [0.2, 0.25) is 0 Å². The van der Waals surface area contributed by atoms with Crippen LogP contribution in [0.4, 0.5) is 4.79 Å². The minimum absolute atomic E-state index is 0.116. The van der Waals surface area contributed by atoms with E-state index in [-0.39, 0.29) is 6.42 Å². The number of esters is 1. The van der Waals surface area contributed by atoms with Gasteiger partial charge in [-0.1, -0.05) is 18.2 Å². The van der Waals surface area contributed by atoms with Gasteiger partial charge in [0.15, 0.2) is 6.10 Å². The van der Waals surface area contributed by atoms with E-state index in [0.29, 0.717) is 0 Å². The molecule has 6 nitrogen and oxygen atoms in total. The number of benzene rings is 1. The molecule has 0 saturated heterocycles. The zero-order valence-corrected chi connectivity index (χ0v) is 12.8. The van der Waals surface area contributed by atoms with E-state index in [9.17, 15) is 14.4 Å². The molecule has 0 aliphatic heterocycles. The first-order valence-corrected chi connectivity index (χ1v) is 7.32. The molecule has 6 heteroatoms. The highest BCUT2D eigenvalue weighted by Crippen LogP contribution is 2.23. The molecule has 2 N–H and O–H groups in total. The predicted octanol–water partition coefficient (Wildman–Crippen LogP) is 1.11. The molecule has 0 heterocycles. The van der Waals surface area contributed by atoms with Gasteiger partial charge in [0.05, 0.1) is 6.42 Å². The van der Waals surface area contributed by atoms with Crippen LogP contribution in [-0.4, -0.2) is 31.1 Å². The van der Waals surface area contributed by atoms with Gasteiger partial charge in [-0.25, -0.2) is 4.79 Å². The van der Waals surface area contributed by atoms with E-state index < -0.39 is 24.0 Å². The average Bonchev–Trinajstić information content (AvgIpc) is 2.94. The second-order valence-electron chi connectivity index (χ2n) is 5.33. The third-order valence-electron chi connectivity index (χ3n) is 3.65. The Morgan fingerprint density at radius 1 is 1.23 bits per heavy atom. The summed E-state index contributed by atoms with van der Waals surface area (Å²) in [6.07, 6.45) is 2.39. The van der Waals surface area contributed by atoms with Gasteiger partial charge < -0.3 is 10.1 Å². The number of carbonyl (C=O) groups is 3. The van der Waals surface area contributed by atoms with Crippen LogP contribution in [0.2, 0.25) is 0 Å². The maximum absolute atomic E-state index is 11.9. The number of carbonyl (C=O) groups excluding carboxylic acids is 3. The van der Waals surface area contributed by atoms with E-state index in [1.54, 1.807) is 0 Å². The van der Waals surface area contributed by atoms with Crippen molar-refractivity contribution >= 4 is 17.9 Å². The largest absolute Gasteiger partial charge is 0.452 e. The van der Waals surface area contributed by atoms with Crippen LogP contribution in [-0.2, 0) is 33.6 Å². The van der Waals surface area contributed by atoms with Crippen molar-refractivity contribution < 1.29 is 19.1 Å². The fourth-order valence-corrected chi connectivity index (χ4v) is 2.47. The molecule has 0 bridgehead atoms. The molecular formula is C16H20N2O4. The maximum Gasteiger partial charge on any atom is 0.321 e. The third-order valence-corrected chi connectivity index (χ3v) is 3.65. The van der Waals surface area contributed by atoms with E-state index in [1.165, 1.54) is 25.1 Å². The SMILES string of the molecule is CNC(=O)NC(=O)[C@@H](C)OC(=O)Cc1ccc2c(c1)CCC2. The first-order valence-electron chi connectivity index (χ1n) is 7.32. The summed E-state index contributed by atoms with van der Waals surface area (Å²) in [6.45, 7) is 1.43. The van der Waals surface area contributed by atoms with Crippen molar-refractivity contribution in [2.75, 3.05) is 7.05 Å². The number of ether oxygens (including phenoxy) is 1. The van der Waals surface area contributed by atoms with Crippen molar-refractivity contribution in [3.05, 3.63) is 34.9 Å². The summed E-state index contributed by atoms with van der Waals surface area (Å²) in [5.74, 6) is -1.14. The van der Waals surface area contributed by atoms with Crippen LogP contribution in [0, 0.1) is 0 Å². The van der Waals surface area contributed by atoms with Gasteiger partial charge in [-0.3, -0.25) is 14.9 Å². The Morgan fingerprint density at radius 3 is 2.68 bits per heavy atom. The quantitative estimate of drug-likeness (QED) is 0.816. The minimum Gasteiger partial charge on any atom is -0.452 e. The van der Waals surface area contributed by atoms with Crippen LogP contribution in [0.15, 0.2) is 18.2 Å². The first-order chi connectivity index (χ1) is 10.5. The average molecular weight is 304 g/mol. The number of rotatable bonds is 4. The summed E-state index contributed by atoms with van der Waals surface area (Å²) in [6, 6.07) is 5.36. The number of hydrogen-bond donors (Lipinski definition) is 2. The molecular weight excluding hydrogens is 284 g/mol. The summed E-state index contributed by atoms with van der Waals surface area (Å²) in [4.78, 5) is 34.5. The van der Waals surface area contributed by atoms with Crippen LogP contribution in [0.1, 0.15) is 30.0 Å². The molecule has 1 aromatic carbocycles. The fourth-order valence-electron chi connectivity index (χ4n) is 2.47. The topological polar surface area (TPSA) is 84.5 Å². The Balaban J connectivity index is 1.87. The molecule has 0 saturated carbocycles. The number of imide groups is 1. The highest BCUT2D eigenvalue weighted by molar-refractivity contribution is 5.97. The molecule has 0 fully saturated rings. The van der Waals surface area contributed by atoms with E-state index in [4.69, 9.17) is 4.74 Å². The lowest BCUT2D eigenvalue weighted by Gasteiger charge is -2.13. The summed E-state index contributed by atoms with van der Waals surface area (Å²) in [7, 11) is 1.40. The Bertz CT molecular complexity index is 598. The summed E-state index contributed by atoms with van der Waals surface area (Å²) < 4.78 is 5.05. The van der Waals surface area contributed by atoms with Gasteiger partial charge in [0.1, 0.15) is 0 Å². The highest BCUT2D eigenvalue weighted by Gasteiger charge is 2.20. The van der Waals surface area contributed by atoms with Gasteiger partial charge in [0.25, 0.3) is 5.91 Å². The second kappa shape index (κ2) is 7.06. The van der Waals surface area contributed by atoms with Gasteiger partial charge in [0, 0.05) is 7.05 Å². The Hall–Kier alpha value is -2.37. The first kappa shape index (κ1) is 16.0. The van der Waals surface area contributed by atoms with Crippen molar-refractivity contribution in [1.29, 1.82) is 0 Å². The lowest BCUT2D eigenvalue weighted by Crippen LogP contribution is -2.43. The molecule has 118 valence electrons. The molecule has 0 unspecified atom stereocenters. The molecule has 0 radical (unpaired) electrons. The van der Waals surface area contributed by atoms with Crippen LogP contribution < -0.4 is 10.6 Å². The Labute approximate surface area is 129 Å². The number of fused-ring (bicyclic) bond motifs is 1. The van der Waals surface area contributed by atoms with Gasteiger partial charge in [-0.05, 0) is 42.9 Å². The maximum atomic E-state index is 11.9. The van der Waals surface area contributed by atoms with Gasteiger partial charge in [-0.15, -0.1) is 0 Å². The summed E-state index contributed by atoms with van der Waals surface area (Å²) >= 11 is 0. The minimum atomic E-state index is -1.01. The zero-order valence-electron chi connectivity index (χ0n) is 12.8. The molecule has 2 rings (SSSR count). The van der Waals surface area contributed by atoms with Crippen molar-refractivity contribution in [2.24, 2.45) is 0 Å². The van der Waals surface area contributed by atoms with Crippen LogP contribution >= 0.6 is 0 Å². The number of amides is 3. The molecule has 22 heavy (non-hydrogen) atoms. The number of aryl methyl sites for hydroxylation is 2. The van der Waals surface area contributed by atoms with Crippen molar-refractivity contribution in [3.63, 3.8) is 0 Å². The normalized spacial score (nSPS) is 13.9. The van der Waals surface area contributed by atoms with Gasteiger partial charge in [-0.2, -0.15) is 0 Å². The molecule has 1 aliphatic carbocycles. The smallest absolute Gasteiger partial charge is 0.321 e. The molecule has 1 atom stereocenters. The summed E-state index contributed by atoms with van der Waals surface area (Å²) in [5.41, 5.74) is 3.51. The van der Waals surface area contributed by atoms with Crippen LogP contribution in [0.25, 0.3) is 0 Å².